The number of carbonyl (C=O) groups excluding carboxylic acids is 2. The molecule has 0 aliphatic heterocycles. The van der Waals surface area contributed by atoms with Crippen molar-refractivity contribution in [1.82, 2.24) is 9.13 Å². The predicted molar refractivity (Wildman–Crippen MR) is 132 cm³/mol. The van der Waals surface area contributed by atoms with E-state index in [0.29, 0.717) is 28.7 Å². The van der Waals surface area contributed by atoms with Gasteiger partial charge in [0, 0.05) is 24.8 Å². The van der Waals surface area contributed by atoms with Gasteiger partial charge in [0.05, 0.1) is 10.9 Å². The molecule has 0 saturated carbocycles. The summed E-state index contributed by atoms with van der Waals surface area (Å²) in [5, 5.41) is 5.78. The second-order valence-corrected chi connectivity index (χ2v) is 7.89. The number of hydrogen-bond acceptors (Lipinski definition) is 4. The fraction of sp³-hybridized carbons (Fsp3) is 0.154. The number of benzene rings is 3. The van der Waals surface area contributed by atoms with E-state index in [4.69, 9.17) is 0 Å². The average molecular weight is 457 g/mol. The third kappa shape index (κ3) is 5.12. The summed E-state index contributed by atoms with van der Waals surface area (Å²) in [7, 11) is 0. The lowest BCUT2D eigenvalue weighted by Gasteiger charge is -2.14. The first kappa shape index (κ1) is 22.7. The second kappa shape index (κ2) is 9.99. The molecule has 34 heavy (non-hydrogen) atoms. The zero-order valence-corrected chi connectivity index (χ0v) is 18.7. The Bertz CT molecular complexity index is 1470. The van der Waals surface area contributed by atoms with Crippen LogP contribution in [-0.2, 0) is 29.1 Å². The molecule has 0 atom stereocenters. The first-order valence-electron chi connectivity index (χ1n) is 10.9. The van der Waals surface area contributed by atoms with Gasteiger partial charge in [0.1, 0.15) is 6.54 Å². The van der Waals surface area contributed by atoms with Crippen LogP contribution in [0.15, 0.2) is 88.5 Å². The molecular formula is C26H24N4O4. The van der Waals surface area contributed by atoms with Gasteiger partial charge in [-0.25, -0.2) is 4.79 Å². The van der Waals surface area contributed by atoms with Gasteiger partial charge in [-0.2, -0.15) is 0 Å². The zero-order chi connectivity index (χ0) is 24.1. The van der Waals surface area contributed by atoms with Crippen molar-refractivity contribution in [3.05, 3.63) is 105 Å². The lowest BCUT2D eigenvalue weighted by molar-refractivity contribution is -0.117. The van der Waals surface area contributed by atoms with Gasteiger partial charge in [-0.3, -0.25) is 23.5 Å². The van der Waals surface area contributed by atoms with Crippen molar-refractivity contribution in [1.29, 1.82) is 0 Å². The van der Waals surface area contributed by atoms with Gasteiger partial charge < -0.3 is 10.6 Å². The quantitative estimate of drug-likeness (QED) is 0.446. The highest BCUT2D eigenvalue weighted by Crippen LogP contribution is 2.15. The summed E-state index contributed by atoms with van der Waals surface area (Å²) in [4.78, 5) is 50.5. The molecule has 8 nitrogen and oxygen atoms in total. The van der Waals surface area contributed by atoms with E-state index in [1.54, 1.807) is 48.5 Å². The smallest absolute Gasteiger partial charge is 0.326 e. The van der Waals surface area contributed by atoms with E-state index >= 15 is 0 Å². The third-order valence-corrected chi connectivity index (χ3v) is 5.37. The Morgan fingerprint density at radius 2 is 1.47 bits per heavy atom. The molecule has 2 N–H and O–H groups in total. The Morgan fingerprint density at radius 1 is 0.794 bits per heavy atom. The van der Waals surface area contributed by atoms with Crippen LogP contribution in [0.4, 0.5) is 11.4 Å². The largest absolute Gasteiger partial charge is 0.331 e. The van der Waals surface area contributed by atoms with E-state index in [1.807, 2.05) is 30.3 Å². The van der Waals surface area contributed by atoms with Crippen molar-refractivity contribution in [3.63, 3.8) is 0 Å². The fourth-order valence-corrected chi connectivity index (χ4v) is 3.83. The van der Waals surface area contributed by atoms with Crippen LogP contribution in [0.2, 0.25) is 0 Å². The molecule has 1 heterocycles. The lowest BCUT2D eigenvalue weighted by atomic mass is 10.1. The Labute approximate surface area is 195 Å². The fourth-order valence-electron chi connectivity index (χ4n) is 3.83. The van der Waals surface area contributed by atoms with Gasteiger partial charge in [0.2, 0.25) is 11.8 Å². The number of carbonyl (C=O) groups is 2. The Kier molecular flexibility index (Phi) is 6.68. The number of anilines is 2. The summed E-state index contributed by atoms with van der Waals surface area (Å²) >= 11 is 0. The normalized spacial score (nSPS) is 10.7. The molecule has 0 saturated heterocycles. The van der Waals surface area contributed by atoms with Gasteiger partial charge in [-0.1, -0.05) is 48.5 Å². The van der Waals surface area contributed by atoms with Crippen molar-refractivity contribution in [2.45, 2.75) is 26.4 Å². The number of aryl methyl sites for hydroxylation is 1. The summed E-state index contributed by atoms with van der Waals surface area (Å²) in [5.74, 6) is -0.653. The van der Waals surface area contributed by atoms with Crippen molar-refractivity contribution >= 4 is 34.1 Å². The first-order chi connectivity index (χ1) is 16.4. The number of aromatic nitrogens is 2. The summed E-state index contributed by atoms with van der Waals surface area (Å²) in [5.41, 5.74) is 1.51. The Morgan fingerprint density at radius 3 is 2.21 bits per heavy atom. The van der Waals surface area contributed by atoms with Crippen molar-refractivity contribution < 1.29 is 9.59 Å². The van der Waals surface area contributed by atoms with Crippen LogP contribution in [-0.4, -0.2) is 20.9 Å². The third-order valence-electron chi connectivity index (χ3n) is 5.37. The number of fused-ring (bicyclic) bond motifs is 1. The molecule has 0 fully saturated rings. The molecule has 0 aliphatic carbocycles. The number of amides is 2. The minimum Gasteiger partial charge on any atom is -0.326 e. The molecule has 172 valence electrons. The number of nitrogens with zero attached hydrogens (tertiary/aromatic N) is 2. The van der Waals surface area contributed by atoms with Crippen LogP contribution in [0.25, 0.3) is 10.9 Å². The molecule has 0 aliphatic rings. The molecule has 4 rings (SSSR count). The maximum atomic E-state index is 13.3. The van der Waals surface area contributed by atoms with Gasteiger partial charge >= 0.3 is 5.69 Å². The molecule has 4 aromatic rings. The topological polar surface area (TPSA) is 102 Å². The highest BCUT2D eigenvalue weighted by Gasteiger charge is 2.15. The minimum absolute atomic E-state index is 0.201. The maximum Gasteiger partial charge on any atom is 0.331 e. The van der Waals surface area contributed by atoms with E-state index < -0.39 is 11.6 Å². The van der Waals surface area contributed by atoms with Crippen molar-refractivity contribution in [3.8, 4) is 0 Å². The first-order valence-corrected chi connectivity index (χ1v) is 10.9. The van der Waals surface area contributed by atoms with Crippen LogP contribution < -0.4 is 21.9 Å². The van der Waals surface area contributed by atoms with E-state index in [1.165, 1.54) is 16.1 Å². The van der Waals surface area contributed by atoms with E-state index in [9.17, 15) is 19.2 Å². The van der Waals surface area contributed by atoms with Gasteiger partial charge in [-0.15, -0.1) is 0 Å². The standard InChI is InChI=1S/C26H24N4O4/c1-18(31)27-20-10-7-11-21(16-20)28-24(32)17-30-23-13-6-5-12-22(23)25(33)29(26(30)34)15-14-19-8-3-2-4-9-19/h2-13,16H,14-15,17H2,1H3,(H,27,31)(H,28,32). The maximum absolute atomic E-state index is 13.3. The molecule has 2 amide bonds. The van der Waals surface area contributed by atoms with E-state index in [-0.39, 0.29) is 24.6 Å². The summed E-state index contributed by atoms with van der Waals surface area (Å²) in [6.45, 7) is 1.33. The highest BCUT2D eigenvalue weighted by atomic mass is 16.2. The number of para-hydroxylation sites is 1. The lowest BCUT2D eigenvalue weighted by Crippen LogP contribution is -2.42. The zero-order valence-electron chi connectivity index (χ0n) is 18.7. The molecule has 8 heteroatoms. The van der Waals surface area contributed by atoms with Gasteiger partial charge in [0.15, 0.2) is 0 Å². The summed E-state index contributed by atoms with van der Waals surface area (Å²) in [6, 6.07) is 23.1. The van der Waals surface area contributed by atoms with Crippen LogP contribution in [0.5, 0.6) is 0 Å². The highest BCUT2D eigenvalue weighted by molar-refractivity contribution is 5.93. The molecule has 0 bridgehead atoms. The van der Waals surface area contributed by atoms with Crippen LogP contribution in [0.3, 0.4) is 0 Å². The van der Waals surface area contributed by atoms with E-state index in [0.717, 1.165) is 5.56 Å². The predicted octanol–water partition coefficient (Wildman–Crippen LogP) is 3.00. The van der Waals surface area contributed by atoms with Gasteiger partial charge in [-0.05, 0) is 42.3 Å². The molecule has 0 radical (unpaired) electrons. The molecular weight excluding hydrogens is 432 g/mol. The molecule has 1 aromatic heterocycles. The van der Waals surface area contributed by atoms with Gasteiger partial charge in [0.25, 0.3) is 5.56 Å². The Hall–Kier alpha value is -4.46. The van der Waals surface area contributed by atoms with Crippen molar-refractivity contribution in [2.24, 2.45) is 0 Å². The van der Waals surface area contributed by atoms with Crippen molar-refractivity contribution in [2.75, 3.05) is 10.6 Å². The molecule has 3 aromatic carbocycles. The minimum atomic E-state index is -0.540. The molecule has 0 spiro atoms. The van der Waals surface area contributed by atoms with Crippen LogP contribution in [0.1, 0.15) is 12.5 Å². The number of nitrogens with one attached hydrogen (secondary N) is 2. The summed E-state index contributed by atoms with van der Waals surface area (Å²) in [6.07, 6.45) is 0.510. The average Bonchev–Trinajstić information content (AvgIpc) is 2.82. The van der Waals surface area contributed by atoms with E-state index in [2.05, 4.69) is 10.6 Å². The Balaban J connectivity index is 1.64. The number of rotatable bonds is 7. The van der Waals surface area contributed by atoms with Crippen LogP contribution in [0, 0.1) is 0 Å². The van der Waals surface area contributed by atoms with Crippen LogP contribution >= 0.6 is 0 Å². The number of hydrogen-bond donors (Lipinski definition) is 2. The monoisotopic (exact) mass is 456 g/mol. The molecule has 0 unspecified atom stereocenters. The second-order valence-electron chi connectivity index (χ2n) is 7.89. The SMILES string of the molecule is CC(=O)Nc1cccc(NC(=O)Cn2c(=O)n(CCc3ccccc3)c(=O)c3ccccc32)c1. The summed E-state index contributed by atoms with van der Waals surface area (Å²) < 4.78 is 2.49.